The van der Waals surface area contributed by atoms with E-state index in [2.05, 4.69) is 63.8 Å². The zero-order valence-corrected chi connectivity index (χ0v) is 18.6. The van der Waals surface area contributed by atoms with E-state index in [0.717, 1.165) is 63.1 Å². The van der Waals surface area contributed by atoms with E-state index in [1.54, 1.807) is 0 Å². The fourth-order valence-electron chi connectivity index (χ4n) is 4.29. The van der Waals surface area contributed by atoms with Gasteiger partial charge in [-0.15, -0.1) is 4.99 Å². The number of piperidine rings is 1. The lowest BCUT2D eigenvalue weighted by atomic mass is 9.98. The zero-order chi connectivity index (χ0) is 22.2. The number of rotatable bonds is 7. The summed E-state index contributed by atoms with van der Waals surface area (Å²) >= 11 is 0. The van der Waals surface area contributed by atoms with Crippen molar-refractivity contribution in [3.8, 4) is 0 Å². The average Bonchev–Trinajstić information content (AvgIpc) is 2.85. The minimum Gasteiger partial charge on any atom is -0.582 e. The second-order valence-electron chi connectivity index (χ2n) is 8.55. The van der Waals surface area contributed by atoms with Crippen molar-refractivity contribution in [1.82, 2.24) is 5.32 Å². The first-order valence-corrected chi connectivity index (χ1v) is 11.5. The first-order chi connectivity index (χ1) is 15.7. The molecule has 32 heavy (non-hydrogen) atoms. The van der Waals surface area contributed by atoms with E-state index in [0.29, 0.717) is 5.90 Å². The fraction of sp³-hybridized carbons (Fsp3) is 0.333. The lowest BCUT2D eigenvalue weighted by Crippen LogP contribution is -2.32. The van der Waals surface area contributed by atoms with E-state index in [4.69, 9.17) is 10.5 Å². The number of hydrogen-bond acceptors (Lipinski definition) is 3. The Morgan fingerprint density at radius 1 is 1.06 bits per heavy atom. The first kappa shape index (κ1) is 22.0. The third-order valence-electron chi connectivity index (χ3n) is 6.15. The minimum atomic E-state index is 0.153. The van der Waals surface area contributed by atoms with Gasteiger partial charge in [0.05, 0.1) is 5.92 Å². The highest BCUT2D eigenvalue weighted by Gasteiger charge is 2.23. The molecule has 0 unspecified atom stereocenters. The topological polar surface area (TPSA) is 74.4 Å². The molecule has 2 aromatic carbocycles. The Bertz CT molecular complexity index is 1000. The predicted molar refractivity (Wildman–Crippen MR) is 134 cm³/mol. The molecule has 0 saturated carbocycles. The normalized spacial score (nSPS) is 17.1. The van der Waals surface area contributed by atoms with Crippen LogP contribution in [0.5, 0.6) is 0 Å². The maximum Gasteiger partial charge on any atom is 0.335 e. The molecule has 1 saturated heterocycles. The van der Waals surface area contributed by atoms with Crippen molar-refractivity contribution < 1.29 is 5.11 Å². The summed E-state index contributed by atoms with van der Waals surface area (Å²) in [5.74, 6) is 0.665. The van der Waals surface area contributed by atoms with Crippen LogP contribution in [0.4, 0.5) is 5.69 Å². The Labute approximate surface area is 190 Å². The second-order valence-corrected chi connectivity index (χ2v) is 8.55. The van der Waals surface area contributed by atoms with Gasteiger partial charge >= 0.3 is 5.90 Å². The maximum absolute atomic E-state index is 8.53. The van der Waals surface area contributed by atoms with Gasteiger partial charge in [0.1, 0.15) is 0 Å². The molecular formula is C27H33N4O+. The quantitative estimate of drug-likeness (QED) is 0.388. The third-order valence-corrected chi connectivity index (χ3v) is 6.15. The summed E-state index contributed by atoms with van der Waals surface area (Å²) in [4.78, 5) is 6.74. The molecule has 0 atom stereocenters. The summed E-state index contributed by atoms with van der Waals surface area (Å²) in [5.41, 5.74) is 4.52. The van der Waals surface area contributed by atoms with Crippen LogP contribution in [-0.4, -0.2) is 36.5 Å². The van der Waals surface area contributed by atoms with Crippen LogP contribution in [0.15, 0.2) is 83.4 Å². The number of nitrogens with one attached hydrogen (secondary N) is 2. The van der Waals surface area contributed by atoms with E-state index in [9.17, 15) is 0 Å². The van der Waals surface area contributed by atoms with Crippen LogP contribution in [0.3, 0.4) is 0 Å². The summed E-state index contributed by atoms with van der Waals surface area (Å²) in [5, 5.41) is 20.2. The van der Waals surface area contributed by atoms with Gasteiger partial charge < -0.3 is 15.3 Å². The molecule has 0 amide bonds. The van der Waals surface area contributed by atoms with Crippen LogP contribution in [0.25, 0.3) is 0 Å². The first-order valence-electron chi connectivity index (χ1n) is 11.5. The average molecular weight is 430 g/mol. The van der Waals surface area contributed by atoms with E-state index in [-0.39, 0.29) is 11.8 Å². The van der Waals surface area contributed by atoms with Gasteiger partial charge in [-0.3, -0.25) is 5.41 Å². The number of aliphatic imine (C=N–C) groups is 1. The fourth-order valence-corrected chi connectivity index (χ4v) is 4.29. The lowest BCUT2D eigenvalue weighted by Gasteiger charge is -2.27. The van der Waals surface area contributed by atoms with Gasteiger partial charge in [0.25, 0.3) is 0 Å². The summed E-state index contributed by atoms with van der Waals surface area (Å²) in [6.07, 6.45) is 10.6. The largest absolute Gasteiger partial charge is 0.582 e. The number of hydrogen-bond donors (Lipinski definition) is 2. The molecular weight excluding hydrogens is 396 g/mol. The molecule has 1 fully saturated rings. The van der Waals surface area contributed by atoms with Crippen LogP contribution < -0.4 is 10.2 Å². The zero-order valence-electron chi connectivity index (χ0n) is 18.6. The SMILES string of the molecule is N=C(N=C([OH2+])C1CCNCC1)c1cccc(N(CC2=CC=CCC2)Cc2ccccc2)c1. The lowest BCUT2D eigenvalue weighted by molar-refractivity contribution is 0.395. The van der Waals surface area contributed by atoms with E-state index < -0.39 is 0 Å². The molecule has 1 heterocycles. The van der Waals surface area contributed by atoms with Gasteiger partial charge in [-0.2, -0.15) is 0 Å². The Hall–Kier alpha value is -3.18. The van der Waals surface area contributed by atoms with Gasteiger partial charge in [-0.05, 0) is 56.5 Å². The molecule has 0 spiro atoms. The number of amidine groups is 1. The van der Waals surface area contributed by atoms with Crippen LogP contribution in [0.1, 0.15) is 36.8 Å². The summed E-state index contributed by atoms with van der Waals surface area (Å²) < 4.78 is 0. The van der Waals surface area contributed by atoms with E-state index >= 15 is 0 Å². The number of allylic oxidation sites excluding steroid dienone is 3. The van der Waals surface area contributed by atoms with Crippen molar-refractivity contribution in [2.75, 3.05) is 24.5 Å². The highest BCUT2D eigenvalue weighted by Crippen LogP contribution is 2.23. The molecule has 2 aliphatic rings. The van der Waals surface area contributed by atoms with Gasteiger partial charge in [0.2, 0.25) is 0 Å². The predicted octanol–water partition coefficient (Wildman–Crippen LogP) is 4.42. The smallest absolute Gasteiger partial charge is 0.335 e. The Morgan fingerprint density at radius 3 is 2.62 bits per heavy atom. The van der Waals surface area contributed by atoms with Gasteiger partial charge in [-0.1, -0.05) is 66.3 Å². The number of anilines is 1. The molecule has 1 aliphatic heterocycles. The highest BCUT2D eigenvalue weighted by atomic mass is 16.3. The van der Waals surface area contributed by atoms with Crippen molar-refractivity contribution in [2.45, 2.75) is 32.2 Å². The summed E-state index contributed by atoms with van der Waals surface area (Å²) in [6, 6.07) is 18.6. The molecule has 4 rings (SSSR count). The molecule has 4 N–H and O–H groups in total. The standard InChI is InChI=1S/C27H32N4O/c28-26(30-27(32)23-14-16-29-17-15-23)24-12-7-13-25(18-24)31(19-21-8-3-1-4-9-21)20-22-10-5-2-6-11-22/h1-5,7-10,12-13,18,23,29H,6,11,14-17,19-20H2,(H2,28,30,32)/p+1. The molecule has 5 nitrogen and oxygen atoms in total. The number of benzene rings is 2. The van der Waals surface area contributed by atoms with Crippen molar-refractivity contribution in [3.05, 3.63) is 89.5 Å². The molecule has 0 radical (unpaired) electrons. The van der Waals surface area contributed by atoms with Crippen LogP contribution in [-0.2, 0) is 6.54 Å². The Morgan fingerprint density at radius 2 is 1.88 bits per heavy atom. The number of nitrogens with zero attached hydrogens (tertiary/aromatic N) is 2. The van der Waals surface area contributed by atoms with E-state index in [1.165, 1.54) is 11.1 Å². The molecule has 1 aliphatic carbocycles. The molecule has 166 valence electrons. The van der Waals surface area contributed by atoms with Crippen molar-refractivity contribution in [1.29, 1.82) is 5.41 Å². The molecule has 0 aromatic heterocycles. The molecule has 2 aromatic rings. The highest BCUT2D eigenvalue weighted by molar-refractivity contribution is 6.04. The monoisotopic (exact) mass is 429 g/mol. The van der Waals surface area contributed by atoms with Crippen molar-refractivity contribution in [3.63, 3.8) is 0 Å². The van der Waals surface area contributed by atoms with Crippen molar-refractivity contribution >= 4 is 17.4 Å². The molecule has 5 heteroatoms. The second kappa shape index (κ2) is 10.9. The Balaban J connectivity index is 1.55. The van der Waals surface area contributed by atoms with Gasteiger partial charge in [0.15, 0.2) is 5.84 Å². The maximum atomic E-state index is 8.53. The molecule has 0 bridgehead atoms. The third kappa shape index (κ3) is 5.95. The van der Waals surface area contributed by atoms with Crippen LogP contribution >= 0.6 is 0 Å². The van der Waals surface area contributed by atoms with Crippen molar-refractivity contribution in [2.24, 2.45) is 10.9 Å². The van der Waals surface area contributed by atoms with Gasteiger partial charge in [0, 0.05) is 24.3 Å². The van der Waals surface area contributed by atoms with Crippen LogP contribution in [0.2, 0.25) is 0 Å². The Kier molecular flexibility index (Phi) is 7.51. The minimum absolute atomic E-state index is 0.153. The van der Waals surface area contributed by atoms with Gasteiger partial charge in [-0.25, -0.2) is 0 Å². The summed E-state index contributed by atoms with van der Waals surface area (Å²) in [6.45, 7) is 3.51. The van der Waals surface area contributed by atoms with E-state index in [1.807, 2.05) is 24.3 Å². The van der Waals surface area contributed by atoms with Crippen LogP contribution in [0, 0.1) is 11.3 Å². The summed E-state index contributed by atoms with van der Waals surface area (Å²) in [7, 11) is 0.